The summed E-state index contributed by atoms with van der Waals surface area (Å²) in [4.78, 5) is 13.8. The summed E-state index contributed by atoms with van der Waals surface area (Å²) in [6, 6.07) is 14.9. The molecule has 0 aliphatic carbocycles. The SMILES string of the molecule is CCOC(=O)/C(NN)=C(/N)Oc1ccc(-c2ccc(N3CCC(F)(F)CC3)cc2)cc1. The maximum Gasteiger partial charge on any atom is 0.361 e. The van der Waals surface area contributed by atoms with Crippen molar-refractivity contribution in [2.24, 2.45) is 11.6 Å². The summed E-state index contributed by atoms with van der Waals surface area (Å²) in [5.74, 6) is 2.27. The zero-order valence-electron chi connectivity index (χ0n) is 17.2. The van der Waals surface area contributed by atoms with Crippen molar-refractivity contribution < 1.29 is 23.0 Å². The molecule has 1 saturated heterocycles. The molecular formula is C22H26F2N4O3. The molecule has 1 aliphatic heterocycles. The number of benzene rings is 2. The second-order valence-electron chi connectivity index (χ2n) is 7.12. The normalized spacial score (nSPS) is 16.3. The minimum Gasteiger partial charge on any atom is -0.461 e. The van der Waals surface area contributed by atoms with Crippen molar-refractivity contribution in [3.05, 3.63) is 60.1 Å². The summed E-state index contributed by atoms with van der Waals surface area (Å²) in [6.07, 6.45) is -0.239. The van der Waals surface area contributed by atoms with E-state index >= 15 is 0 Å². The summed E-state index contributed by atoms with van der Waals surface area (Å²) < 4.78 is 37.0. The third-order valence-corrected chi connectivity index (χ3v) is 5.01. The number of piperidine rings is 1. The molecular weight excluding hydrogens is 406 g/mol. The van der Waals surface area contributed by atoms with Crippen LogP contribution in [0.15, 0.2) is 60.1 Å². The first-order chi connectivity index (χ1) is 14.8. The number of hydrazine groups is 1. The number of esters is 1. The van der Waals surface area contributed by atoms with Crippen molar-refractivity contribution in [1.82, 2.24) is 5.43 Å². The molecule has 31 heavy (non-hydrogen) atoms. The van der Waals surface area contributed by atoms with E-state index in [2.05, 4.69) is 5.43 Å². The van der Waals surface area contributed by atoms with E-state index in [0.717, 1.165) is 16.8 Å². The molecule has 0 unspecified atom stereocenters. The highest BCUT2D eigenvalue weighted by Gasteiger charge is 2.33. The molecule has 0 spiro atoms. The fraction of sp³-hybridized carbons (Fsp3) is 0.318. The van der Waals surface area contributed by atoms with E-state index < -0.39 is 11.9 Å². The number of hydrogen-bond donors (Lipinski definition) is 3. The van der Waals surface area contributed by atoms with Crippen LogP contribution in [0.1, 0.15) is 19.8 Å². The topological polar surface area (TPSA) is 103 Å². The van der Waals surface area contributed by atoms with Gasteiger partial charge >= 0.3 is 5.97 Å². The number of halogens is 2. The highest BCUT2D eigenvalue weighted by Crippen LogP contribution is 2.31. The van der Waals surface area contributed by atoms with Crippen LogP contribution in [0, 0.1) is 0 Å². The van der Waals surface area contributed by atoms with Crippen LogP contribution in [0.25, 0.3) is 11.1 Å². The number of nitrogens with one attached hydrogen (secondary N) is 1. The maximum atomic E-state index is 13.3. The summed E-state index contributed by atoms with van der Waals surface area (Å²) in [5, 5.41) is 0. The smallest absolute Gasteiger partial charge is 0.361 e. The highest BCUT2D eigenvalue weighted by molar-refractivity contribution is 5.88. The van der Waals surface area contributed by atoms with Crippen LogP contribution >= 0.6 is 0 Å². The van der Waals surface area contributed by atoms with Crippen molar-refractivity contribution in [2.45, 2.75) is 25.7 Å². The second-order valence-corrected chi connectivity index (χ2v) is 7.12. The molecule has 166 valence electrons. The van der Waals surface area contributed by atoms with Crippen molar-refractivity contribution in [3.63, 3.8) is 0 Å². The zero-order chi connectivity index (χ0) is 22.4. The van der Waals surface area contributed by atoms with Gasteiger partial charge in [-0.05, 0) is 42.3 Å². The number of anilines is 1. The minimum absolute atomic E-state index is 0.120. The molecule has 2 aromatic rings. The summed E-state index contributed by atoms with van der Waals surface area (Å²) >= 11 is 0. The molecule has 0 amide bonds. The van der Waals surface area contributed by atoms with Crippen LogP contribution in [-0.4, -0.2) is 31.6 Å². The summed E-state index contributed by atoms with van der Waals surface area (Å²) in [5.41, 5.74) is 10.7. The van der Waals surface area contributed by atoms with Crippen molar-refractivity contribution in [1.29, 1.82) is 0 Å². The Bertz CT molecular complexity index is 921. The average Bonchev–Trinajstić information content (AvgIpc) is 2.75. The molecule has 1 aliphatic rings. The van der Waals surface area contributed by atoms with E-state index in [4.69, 9.17) is 21.1 Å². The predicted octanol–water partition coefficient (Wildman–Crippen LogP) is 3.12. The Morgan fingerprint density at radius 3 is 2.13 bits per heavy atom. The Labute approximate surface area is 179 Å². The molecule has 1 heterocycles. The lowest BCUT2D eigenvalue weighted by Gasteiger charge is -2.33. The summed E-state index contributed by atoms with van der Waals surface area (Å²) in [6.45, 7) is 2.53. The van der Waals surface area contributed by atoms with Crippen LogP contribution in [0.4, 0.5) is 14.5 Å². The van der Waals surface area contributed by atoms with Crippen LogP contribution in [0.5, 0.6) is 5.75 Å². The number of ether oxygens (including phenoxy) is 2. The van der Waals surface area contributed by atoms with Gasteiger partial charge in [0.1, 0.15) is 5.75 Å². The quantitative estimate of drug-likeness (QED) is 0.203. The average molecular weight is 432 g/mol. The number of nitrogens with two attached hydrogens (primary N) is 2. The van der Waals surface area contributed by atoms with Gasteiger partial charge < -0.3 is 25.5 Å². The molecule has 3 rings (SSSR count). The molecule has 0 atom stereocenters. The molecule has 2 aromatic carbocycles. The Kier molecular flexibility index (Phi) is 6.96. The van der Waals surface area contributed by atoms with Crippen molar-refractivity contribution >= 4 is 11.7 Å². The van der Waals surface area contributed by atoms with E-state index in [1.807, 2.05) is 41.3 Å². The predicted molar refractivity (Wildman–Crippen MR) is 114 cm³/mol. The van der Waals surface area contributed by atoms with Gasteiger partial charge in [0, 0.05) is 31.6 Å². The Hall–Kier alpha value is -3.33. The van der Waals surface area contributed by atoms with E-state index in [1.165, 1.54) is 0 Å². The summed E-state index contributed by atoms with van der Waals surface area (Å²) in [7, 11) is 0. The molecule has 5 N–H and O–H groups in total. The Morgan fingerprint density at radius 2 is 1.61 bits per heavy atom. The van der Waals surface area contributed by atoms with Gasteiger partial charge in [0.2, 0.25) is 5.88 Å². The lowest BCUT2D eigenvalue weighted by atomic mass is 10.0. The second kappa shape index (κ2) is 9.65. The van der Waals surface area contributed by atoms with Gasteiger partial charge in [-0.2, -0.15) is 0 Å². The molecule has 0 aromatic heterocycles. The van der Waals surface area contributed by atoms with Gasteiger partial charge in [-0.1, -0.05) is 24.3 Å². The fourth-order valence-corrected chi connectivity index (χ4v) is 3.28. The highest BCUT2D eigenvalue weighted by atomic mass is 19.3. The van der Waals surface area contributed by atoms with E-state index in [1.54, 1.807) is 19.1 Å². The monoisotopic (exact) mass is 432 g/mol. The first-order valence-corrected chi connectivity index (χ1v) is 9.97. The van der Waals surface area contributed by atoms with Crippen LogP contribution in [0.3, 0.4) is 0 Å². The van der Waals surface area contributed by atoms with Crippen molar-refractivity contribution in [2.75, 3.05) is 24.6 Å². The maximum absolute atomic E-state index is 13.3. The lowest BCUT2D eigenvalue weighted by molar-refractivity contribution is -0.139. The molecule has 0 radical (unpaired) electrons. The molecule has 7 nitrogen and oxygen atoms in total. The standard InChI is InChI=1S/C22H26F2N4O3/c1-2-30-21(29)19(27-26)20(25)31-18-9-5-16(6-10-18)15-3-7-17(8-4-15)28-13-11-22(23,24)12-14-28/h3-10,27H,2,11-14,25-26H2,1H3/b20-19+. The molecule has 9 heteroatoms. The van der Waals surface area contributed by atoms with Crippen LogP contribution < -0.4 is 26.6 Å². The zero-order valence-corrected chi connectivity index (χ0v) is 17.2. The largest absolute Gasteiger partial charge is 0.461 e. The van der Waals surface area contributed by atoms with Crippen LogP contribution in [0.2, 0.25) is 0 Å². The number of rotatable bonds is 7. The first kappa shape index (κ1) is 22.4. The number of alkyl halides is 2. The van der Waals surface area contributed by atoms with Crippen molar-refractivity contribution in [3.8, 4) is 16.9 Å². The van der Waals surface area contributed by atoms with Crippen LogP contribution in [-0.2, 0) is 9.53 Å². The minimum atomic E-state index is -2.56. The number of carbonyl (C=O) groups excluding carboxylic acids is 1. The van der Waals surface area contributed by atoms with Gasteiger partial charge in [0.15, 0.2) is 5.70 Å². The molecule has 0 bridgehead atoms. The van der Waals surface area contributed by atoms with Gasteiger partial charge in [-0.3, -0.25) is 5.84 Å². The molecule has 1 fully saturated rings. The third kappa shape index (κ3) is 5.64. The lowest BCUT2D eigenvalue weighted by Crippen LogP contribution is -2.39. The Morgan fingerprint density at radius 1 is 1.06 bits per heavy atom. The number of carbonyl (C=O) groups is 1. The van der Waals surface area contributed by atoms with E-state index in [9.17, 15) is 13.6 Å². The van der Waals surface area contributed by atoms with Gasteiger partial charge in [0.05, 0.1) is 6.61 Å². The van der Waals surface area contributed by atoms with Gasteiger partial charge in [-0.15, -0.1) is 0 Å². The first-order valence-electron chi connectivity index (χ1n) is 9.97. The van der Waals surface area contributed by atoms with E-state index in [0.29, 0.717) is 18.8 Å². The number of nitrogens with zero attached hydrogens (tertiary/aromatic N) is 1. The molecule has 0 saturated carbocycles. The number of hydrogen-bond acceptors (Lipinski definition) is 7. The van der Waals surface area contributed by atoms with Gasteiger partial charge in [0.25, 0.3) is 5.92 Å². The third-order valence-electron chi connectivity index (χ3n) is 5.01. The fourth-order valence-electron chi connectivity index (χ4n) is 3.28. The van der Waals surface area contributed by atoms with Gasteiger partial charge in [-0.25, -0.2) is 13.6 Å². The Balaban J connectivity index is 1.67. The van der Waals surface area contributed by atoms with E-state index in [-0.39, 0.29) is 31.0 Å².